The quantitative estimate of drug-likeness (QED) is 0.849. The number of piperidine rings is 1. The molecule has 110 valence electrons. The lowest BCUT2D eigenvalue weighted by Crippen LogP contribution is -2.45. The van der Waals surface area contributed by atoms with Crippen molar-refractivity contribution in [2.75, 3.05) is 20.2 Å². The van der Waals surface area contributed by atoms with Crippen molar-refractivity contribution in [2.24, 2.45) is 5.92 Å². The second kappa shape index (κ2) is 6.64. The number of nitrogens with zero attached hydrogens (tertiary/aromatic N) is 1. The van der Waals surface area contributed by atoms with Gasteiger partial charge in [-0.1, -0.05) is 13.0 Å². The minimum Gasteiger partial charge on any atom is -0.497 e. The van der Waals surface area contributed by atoms with E-state index in [0.717, 1.165) is 25.3 Å². The first-order valence-electron chi connectivity index (χ1n) is 7.19. The minimum atomic E-state index is -0.465. The van der Waals surface area contributed by atoms with Crippen molar-refractivity contribution < 1.29 is 14.3 Å². The third kappa shape index (κ3) is 3.65. The van der Waals surface area contributed by atoms with E-state index in [1.807, 2.05) is 23.1 Å². The monoisotopic (exact) mass is 277 g/mol. The summed E-state index contributed by atoms with van der Waals surface area (Å²) < 4.78 is 10.9. The molecule has 0 N–H and O–H groups in total. The number of carbonyl (C=O) groups is 1. The number of carbonyl (C=O) groups excluding carboxylic acids is 1. The van der Waals surface area contributed by atoms with E-state index in [1.54, 1.807) is 20.1 Å². The van der Waals surface area contributed by atoms with E-state index in [1.165, 1.54) is 6.42 Å². The molecule has 0 unspecified atom stereocenters. The van der Waals surface area contributed by atoms with Crippen LogP contribution in [0.15, 0.2) is 24.3 Å². The molecule has 20 heavy (non-hydrogen) atoms. The van der Waals surface area contributed by atoms with Gasteiger partial charge in [0.15, 0.2) is 6.10 Å². The summed E-state index contributed by atoms with van der Waals surface area (Å²) >= 11 is 0. The van der Waals surface area contributed by atoms with Crippen LogP contribution in [0.25, 0.3) is 0 Å². The third-order valence-electron chi connectivity index (χ3n) is 3.67. The van der Waals surface area contributed by atoms with Gasteiger partial charge < -0.3 is 14.4 Å². The van der Waals surface area contributed by atoms with Crippen molar-refractivity contribution in [3.63, 3.8) is 0 Å². The average Bonchev–Trinajstić information content (AvgIpc) is 2.46. The number of benzene rings is 1. The van der Waals surface area contributed by atoms with E-state index in [0.29, 0.717) is 11.7 Å². The van der Waals surface area contributed by atoms with Gasteiger partial charge in [0, 0.05) is 19.2 Å². The Kier molecular flexibility index (Phi) is 4.88. The molecule has 4 heteroatoms. The lowest BCUT2D eigenvalue weighted by molar-refractivity contribution is -0.139. The maximum absolute atomic E-state index is 12.4. The molecule has 0 bridgehead atoms. The first-order chi connectivity index (χ1) is 9.60. The molecule has 1 aliphatic heterocycles. The molecule has 1 aromatic carbocycles. The van der Waals surface area contributed by atoms with Crippen LogP contribution in [0.2, 0.25) is 0 Å². The van der Waals surface area contributed by atoms with E-state index in [4.69, 9.17) is 9.47 Å². The van der Waals surface area contributed by atoms with Gasteiger partial charge in [0.2, 0.25) is 0 Å². The summed E-state index contributed by atoms with van der Waals surface area (Å²) in [6.45, 7) is 5.67. The van der Waals surface area contributed by atoms with Crippen molar-refractivity contribution in [1.82, 2.24) is 4.90 Å². The molecule has 0 saturated carbocycles. The van der Waals surface area contributed by atoms with Crippen LogP contribution in [0.5, 0.6) is 11.5 Å². The summed E-state index contributed by atoms with van der Waals surface area (Å²) in [6.07, 6.45) is 1.82. The Morgan fingerprint density at radius 3 is 2.85 bits per heavy atom. The largest absolute Gasteiger partial charge is 0.497 e. The number of hydrogen-bond donors (Lipinski definition) is 0. The Morgan fingerprint density at radius 1 is 1.40 bits per heavy atom. The second-order valence-electron chi connectivity index (χ2n) is 5.47. The molecule has 0 spiro atoms. The van der Waals surface area contributed by atoms with Crippen LogP contribution in [0.3, 0.4) is 0 Å². The van der Waals surface area contributed by atoms with E-state index in [2.05, 4.69) is 6.92 Å². The van der Waals surface area contributed by atoms with Gasteiger partial charge in [-0.25, -0.2) is 0 Å². The van der Waals surface area contributed by atoms with Crippen molar-refractivity contribution in [1.29, 1.82) is 0 Å². The van der Waals surface area contributed by atoms with Gasteiger partial charge in [0.25, 0.3) is 5.91 Å². The zero-order chi connectivity index (χ0) is 14.5. The van der Waals surface area contributed by atoms with Crippen LogP contribution in [0.1, 0.15) is 26.7 Å². The molecule has 1 saturated heterocycles. The molecule has 2 rings (SSSR count). The van der Waals surface area contributed by atoms with Crippen LogP contribution >= 0.6 is 0 Å². The fourth-order valence-electron chi connectivity index (χ4n) is 2.58. The Labute approximate surface area is 120 Å². The van der Waals surface area contributed by atoms with E-state index in [9.17, 15) is 4.79 Å². The van der Waals surface area contributed by atoms with Gasteiger partial charge in [0.05, 0.1) is 7.11 Å². The highest BCUT2D eigenvalue weighted by Gasteiger charge is 2.26. The molecule has 1 amide bonds. The number of rotatable bonds is 4. The SMILES string of the molecule is COc1cccc(O[C@@H](C)C(=O)N2CCC[C@@H](C)C2)c1. The fourth-order valence-corrected chi connectivity index (χ4v) is 2.58. The average molecular weight is 277 g/mol. The maximum atomic E-state index is 12.4. The van der Waals surface area contributed by atoms with Gasteiger partial charge in [-0.2, -0.15) is 0 Å². The van der Waals surface area contributed by atoms with E-state index in [-0.39, 0.29) is 5.91 Å². The molecular weight excluding hydrogens is 254 g/mol. The van der Waals surface area contributed by atoms with Crippen LogP contribution in [0, 0.1) is 5.92 Å². The summed E-state index contributed by atoms with van der Waals surface area (Å²) in [4.78, 5) is 14.3. The highest BCUT2D eigenvalue weighted by molar-refractivity contribution is 5.81. The van der Waals surface area contributed by atoms with Crippen molar-refractivity contribution in [3.8, 4) is 11.5 Å². The number of hydrogen-bond acceptors (Lipinski definition) is 3. The molecule has 0 aliphatic carbocycles. The number of amides is 1. The smallest absolute Gasteiger partial charge is 0.263 e. The summed E-state index contributed by atoms with van der Waals surface area (Å²) in [5.41, 5.74) is 0. The summed E-state index contributed by atoms with van der Waals surface area (Å²) in [5, 5.41) is 0. The topological polar surface area (TPSA) is 38.8 Å². The molecular formula is C16H23NO3. The molecule has 4 nitrogen and oxygen atoms in total. The first-order valence-corrected chi connectivity index (χ1v) is 7.19. The van der Waals surface area contributed by atoms with Crippen molar-refractivity contribution in [3.05, 3.63) is 24.3 Å². The summed E-state index contributed by atoms with van der Waals surface area (Å²) in [5.74, 6) is 2.04. The zero-order valence-corrected chi connectivity index (χ0v) is 12.5. The normalized spacial score (nSPS) is 20.4. The predicted molar refractivity (Wildman–Crippen MR) is 78.1 cm³/mol. The number of likely N-dealkylation sites (tertiary alicyclic amines) is 1. The number of ether oxygens (including phenoxy) is 2. The first kappa shape index (κ1) is 14.7. The predicted octanol–water partition coefficient (Wildman–Crippen LogP) is 2.72. The summed E-state index contributed by atoms with van der Waals surface area (Å²) in [6, 6.07) is 7.34. The van der Waals surface area contributed by atoms with Gasteiger partial charge >= 0.3 is 0 Å². The lowest BCUT2D eigenvalue weighted by atomic mass is 10.00. The highest BCUT2D eigenvalue weighted by atomic mass is 16.5. The molecule has 0 aromatic heterocycles. The molecule has 1 aliphatic rings. The van der Waals surface area contributed by atoms with Crippen LogP contribution in [-0.4, -0.2) is 37.1 Å². The molecule has 1 aromatic rings. The van der Waals surface area contributed by atoms with E-state index < -0.39 is 6.10 Å². The molecule has 2 atom stereocenters. The van der Waals surface area contributed by atoms with Crippen molar-refractivity contribution >= 4 is 5.91 Å². The molecule has 0 radical (unpaired) electrons. The van der Waals surface area contributed by atoms with Crippen molar-refractivity contribution in [2.45, 2.75) is 32.8 Å². The third-order valence-corrected chi connectivity index (χ3v) is 3.67. The van der Waals surface area contributed by atoms with Gasteiger partial charge in [-0.05, 0) is 37.8 Å². The fraction of sp³-hybridized carbons (Fsp3) is 0.562. The minimum absolute atomic E-state index is 0.0689. The Morgan fingerprint density at radius 2 is 2.15 bits per heavy atom. The van der Waals surface area contributed by atoms with Gasteiger partial charge in [-0.15, -0.1) is 0 Å². The number of methoxy groups -OCH3 is 1. The van der Waals surface area contributed by atoms with Crippen LogP contribution < -0.4 is 9.47 Å². The van der Waals surface area contributed by atoms with Crippen LogP contribution in [0.4, 0.5) is 0 Å². The maximum Gasteiger partial charge on any atom is 0.263 e. The zero-order valence-electron chi connectivity index (χ0n) is 12.5. The van der Waals surface area contributed by atoms with Crippen LogP contribution in [-0.2, 0) is 4.79 Å². The summed E-state index contributed by atoms with van der Waals surface area (Å²) in [7, 11) is 1.61. The Hall–Kier alpha value is -1.71. The van der Waals surface area contributed by atoms with E-state index >= 15 is 0 Å². The molecule has 1 heterocycles. The van der Waals surface area contributed by atoms with Gasteiger partial charge in [0.1, 0.15) is 11.5 Å². The van der Waals surface area contributed by atoms with Gasteiger partial charge in [-0.3, -0.25) is 4.79 Å². The highest BCUT2D eigenvalue weighted by Crippen LogP contribution is 2.21. The molecule has 1 fully saturated rings. The Balaban J connectivity index is 1.96. The Bertz CT molecular complexity index is 461. The standard InChI is InChI=1S/C16H23NO3/c1-12-6-5-9-17(11-12)16(18)13(2)20-15-8-4-7-14(10-15)19-3/h4,7-8,10,12-13H,5-6,9,11H2,1-3H3/t12-,13+/m1/s1. The lowest BCUT2D eigenvalue weighted by Gasteiger charge is -2.32. The second-order valence-corrected chi connectivity index (χ2v) is 5.47.